The molecule has 0 aromatic carbocycles. The van der Waals surface area contributed by atoms with E-state index in [1.54, 1.807) is 0 Å². The summed E-state index contributed by atoms with van der Waals surface area (Å²) in [5.41, 5.74) is 5.56. The molecule has 2 N–H and O–H groups in total. The van der Waals surface area contributed by atoms with Crippen LogP contribution in [0.5, 0.6) is 0 Å². The highest BCUT2D eigenvalue weighted by Gasteiger charge is 2.19. The molecule has 2 unspecified atom stereocenters. The van der Waals surface area contributed by atoms with Crippen LogP contribution in [0.1, 0.15) is 26.2 Å². The molecule has 2 atom stereocenters. The van der Waals surface area contributed by atoms with Gasteiger partial charge in [0.2, 0.25) is 0 Å². The van der Waals surface area contributed by atoms with E-state index in [4.69, 9.17) is 5.73 Å². The molecule has 1 heteroatoms. The van der Waals surface area contributed by atoms with E-state index >= 15 is 0 Å². The summed E-state index contributed by atoms with van der Waals surface area (Å²) in [4.78, 5) is 0. The molecular formula is C8H16N. The molecule has 0 heterocycles. The fourth-order valence-electron chi connectivity index (χ4n) is 1.55. The van der Waals surface area contributed by atoms with Crippen molar-refractivity contribution < 1.29 is 0 Å². The molecular weight excluding hydrogens is 110 g/mol. The van der Waals surface area contributed by atoms with Crippen LogP contribution in [-0.2, 0) is 0 Å². The van der Waals surface area contributed by atoms with E-state index in [1.807, 2.05) is 0 Å². The summed E-state index contributed by atoms with van der Waals surface area (Å²) in [5.74, 6) is 1.54. The van der Waals surface area contributed by atoms with Crippen LogP contribution in [0.25, 0.3) is 0 Å². The molecule has 1 aliphatic rings. The second-order valence-electron chi connectivity index (χ2n) is 3.04. The molecule has 0 saturated heterocycles. The third-order valence-corrected chi connectivity index (χ3v) is 2.34. The number of hydrogen-bond acceptors (Lipinski definition) is 1. The Kier molecular flexibility index (Phi) is 2.52. The molecule has 0 bridgehead atoms. The molecule has 1 fully saturated rings. The lowest BCUT2D eigenvalue weighted by Crippen LogP contribution is -2.25. The van der Waals surface area contributed by atoms with Gasteiger partial charge in [-0.3, -0.25) is 0 Å². The number of hydrogen-bond donors (Lipinski definition) is 1. The molecule has 0 aromatic heterocycles. The van der Waals surface area contributed by atoms with E-state index < -0.39 is 0 Å². The maximum Gasteiger partial charge on any atom is -0.00436 e. The van der Waals surface area contributed by atoms with Gasteiger partial charge in [-0.1, -0.05) is 19.8 Å². The minimum Gasteiger partial charge on any atom is -0.330 e. The Bertz CT molecular complexity index is 80.6. The van der Waals surface area contributed by atoms with Crippen LogP contribution in [0, 0.1) is 18.3 Å². The molecule has 1 nitrogen and oxygen atoms in total. The maximum atomic E-state index is 5.56. The zero-order chi connectivity index (χ0) is 6.69. The minimum absolute atomic E-state index is 0.707. The van der Waals surface area contributed by atoms with Gasteiger partial charge in [0, 0.05) is 0 Å². The molecule has 1 aliphatic carbocycles. The lowest BCUT2D eigenvalue weighted by Gasteiger charge is -2.26. The summed E-state index contributed by atoms with van der Waals surface area (Å²) in [5, 5.41) is 0. The fourth-order valence-corrected chi connectivity index (χ4v) is 1.55. The van der Waals surface area contributed by atoms with Gasteiger partial charge in [0.25, 0.3) is 0 Å². The van der Waals surface area contributed by atoms with Gasteiger partial charge in [-0.25, -0.2) is 0 Å². The Morgan fingerprint density at radius 2 is 2.44 bits per heavy atom. The number of rotatable bonds is 1. The Morgan fingerprint density at radius 3 is 2.89 bits per heavy atom. The highest BCUT2D eigenvalue weighted by atomic mass is 14.6. The van der Waals surface area contributed by atoms with E-state index in [-0.39, 0.29) is 0 Å². The molecule has 0 aliphatic heterocycles. The van der Waals surface area contributed by atoms with Gasteiger partial charge >= 0.3 is 0 Å². The van der Waals surface area contributed by atoms with Gasteiger partial charge in [0.05, 0.1) is 0 Å². The first-order valence-corrected chi connectivity index (χ1v) is 3.88. The zero-order valence-corrected chi connectivity index (χ0v) is 6.14. The second kappa shape index (κ2) is 3.21. The Labute approximate surface area is 57.6 Å². The fraction of sp³-hybridized carbons (Fsp3) is 0.875. The number of nitrogens with two attached hydrogens (primary N) is 1. The van der Waals surface area contributed by atoms with E-state index in [2.05, 4.69) is 13.3 Å². The van der Waals surface area contributed by atoms with Crippen molar-refractivity contribution in [2.75, 3.05) is 6.54 Å². The van der Waals surface area contributed by atoms with Crippen LogP contribution in [0.15, 0.2) is 0 Å². The summed E-state index contributed by atoms with van der Waals surface area (Å²) in [6, 6.07) is 0. The minimum atomic E-state index is 0.707. The Morgan fingerprint density at radius 1 is 1.67 bits per heavy atom. The summed E-state index contributed by atoms with van der Waals surface area (Å²) in [7, 11) is 0. The van der Waals surface area contributed by atoms with Crippen LogP contribution in [0.4, 0.5) is 0 Å². The first-order chi connectivity index (χ1) is 4.34. The molecule has 1 saturated carbocycles. The molecule has 0 spiro atoms. The van der Waals surface area contributed by atoms with E-state index in [0.29, 0.717) is 5.92 Å². The van der Waals surface area contributed by atoms with Crippen molar-refractivity contribution in [1.82, 2.24) is 0 Å². The van der Waals surface area contributed by atoms with Crippen molar-refractivity contribution in [3.05, 3.63) is 6.42 Å². The largest absolute Gasteiger partial charge is 0.330 e. The molecule has 1 radical (unpaired) electrons. The van der Waals surface area contributed by atoms with E-state index in [1.165, 1.54) is 19.3 Å². The molecule has 0 aromatic rings. The maximum absolute atomic E-state index is 5.56. The van der Waals surface area contributed by atoms with Gasteiger partial charge < -0.3 is 5.73 Å². The summed E-state index contributed by atoms with van der Waals surface area (Å²) in [6.45, 7) is 3.15. The van der Waals surface area contributed by atoms with Crippen LogP contribution >= 0.6 is 0 Å². The van der Waals surface area contributed by atoms with Crippen LogP contribution in [0.2, 0.25) is 0 Å². The van der Waals surface area contributed by atoms with E-state index in [0.717, 1.165) is 12.5 Å². The highest BCUT2D eigenvalue weighted by Crippen LogP contribution is 2.27. The molecule has 53 valence electrons. The third-order valence-electron chi connectivity index (χ3n) is 2.34. The van der Waals surface area contributed by atoms with E-state index in [9.17, 15) is 0 Å². The first kappa shape index (κ1) is 7.07. The summed E-state index contributed by atoms with van der Waals surface area (Å²) in [6.07, 6.45) is 6.41. The second-order valence-corrected chi connectivity index (χ2v) is 3.04. The lowest BCUT2D eigenvalue weighted by atomic mass is 9.81. The lowest BCUT2D eigenvalue weighted by molar-refractivity contribution is 0.328. The van der Waals surface area contributed by atoms with Crippen LogP contribution < -0.4 is 5.73 Å². The van der Waals surface area contributed by atoms with Crippen molar-refractivity contribution in [2.45, 2.75) is 26.2 Å². The molecule has 9 heavy (non-hydrogen) atoms. The van der Waals surface area contributed by atoms with Crippen molar-refractivity contribution in [2.24, 2.45) is 17.6 Å². The average molecular weight is 126 g/mol. The summed E-state index contributed by atoms with van der Waals surface area (Å²) < 4.78 is 0. The monoisotopic (exact) mass is 126 g/mol. The standard InChI is InChI=1S/C8H16N/c1-7-4-2-3-5-8(7)6-9/h5,7-8H,2-4,6,9H2,1H3. The Hall–Kier alpha value is -0.0400. The highest BCUT2D eigenvalue weighted by molar-refractivity contribution is 4.85. The first-order valence-electron chi connectivity index (χ1n) is 3.88. The van der Waals surface area contributed by atoms with Gasteiger partial charge in [-0.2, -0.15) is 0 Å². The normalized spacial score (nSPS) is 36.7. The quantitative estimate of drug-likeness (QED) is 0.567. The van der Waals surface area contributed by atoms with Gasteiger partial charge in [0.15, 0.2) is 0 Å². The average Bonchev–Trinajstić information content (AvgIpc) is 1.89. The molecule has 1 rings (SSSR count). The third kappa shape index (κ3) is 1.68. The van der Waals surface area contributed by atoms with Gasteiger partial charge in [-0.15, -0.1) is 0 Å². The Balaban J connectivity index is 2.30. The van der Waals surface area contributed by atoms with Crippen molar-refractivity contribution >= 4 is 0 Å². The predicted molar refractivity (Wildman–Crippen MR) is 39.9 cm³/mol. The topological polar surface area (TPSA) is 26.0 Å². The van der Waals surface area contributed by atoms with Gasteiger partial charge in [-0.05, 0) is 31.2 Å². The summed E-state index contributed by atoms with van der Waals surface area (Å²) >= 11 is 0. The van der Waals surface area contributed by atoms with Crippen molar-refractivity contribution in [3.8, 4) is 0 Å². The molecule has 0 amide bonds. The van der Waals surface area contributed by atoms with Crippen molar-refractivity contribution in [1.29, 1.82) is 0 Å². The van der Waals surface area contributed by atoms with Crippen molar-refractivity contribution in [3.63, 3.8) is 0 Å². The van der Waals surface area contributed by atoms with Gasteiger partial charge in [0.1, 0.15) is 0 Å². The van der Waals surface area contributed by atoms with Crippen LogP contribution in [-0.4, -0.2) is 6.54 Å². The SMILES string of the molecule is CC1CCC[CH]C1CN. The van der Waals surface area contributed by atoms with Crippen LogP contribution in [0.3, 0.4) is 0 Å². The zero-order valence-electron chi connectivity index (χ0n) is 6.14. The predicted octanol–water partition coefficient (Wildman–Crippen LogP) is 1.59. The smallest absolute Gasteiger partial charge is 0.00436 e.